The van der Waals surface area contributed by atoms with E-state index >= 15 is 0 Å². The van der Waals surface area contributed by atoms with Crippen LogP contribution >= 0.6 is 0 Å². The zero-order valence-corrected chi connectivity index (χ0v) is 328. The van der Waals surface area contributed by atoms with Crippen molar-refractivity contribution >= 4 is 0 Å². The summed E-state index contributed by atoms with van der Waals surface area (Å²) in [4.78, 5) is 0. The van der Waals surface area contributed by atoms with Crippen LogP contribution in [0, 0.1) is 0 Å². The van der Waals surface area contributed by atoms with Crippen LogP contribution in [0.1, 0.15) is 0 Å². The van der Waals surface area contributed by atoms with E-state index in [0.717, 1.165) is 0 Å². The van der Waals surface area contributed by atoms with Crippen molar-refractivity contribution in [3.05, 3.63) is 0 Å². The molecule has 0 heterocycles. The molecule has 0 amide bonds. The van der Waals surface area contributed by atoms with Crippen molar-refractivity contribution in [2.24, 2.45) is 0 Å². The minimum atomic E-state index is 0. The van der Waals surface area contributed by atoms with Gasteiger partial charge in [-0.05, 0) is 0 Å². The zero-order valence-electron chi connectivity index (χ0n) is 55.4. The van der Waals surface area contributed by atoms with E-state index in [2.05, 4.69) is 0 Å². The fourth-order valence-electron chi connectivity index (χ4n) is 0. The molecule has 0 saturated heterocycles. The van der Waals surface area contributed by atoms with Crippen molar-refractivity contribution < 1.29 is 3140 Å². The van der Waals surface area contributed by atoms with Crippen LogP contribution in [0.15, 0.2) is 0 Å². The summed E-state index contributed by atoms with van der Waals surface area (Å²) >= 11 is 0. The summed E-state index contributed by atoms with van der Waals surface area (Å²) in [5.41, 5.74) is 0. The van der Waals surface area contributed by atoms with Gasteiger partial charge in [0, 0.05) is 3140 Å². The van der Waals surface area contributed by atoms with E-state index in [9.17, 15) is 0 Å². The summed E-state index contributed by atoms with van der Waals surface area (Å²) in [7, 11) is 0. The summed E-state index contributed by atoms with van der Waals surface area (Å²) in [6, 6.07) is 0. The van der Waals surface area contributed by atoms with Crippen LogP contribution in [0.5, 0.6) is 0 Å². The molecule has 0 fully saturated rings. The molecule has 0 N–H and O–H groups in total. The maximum Gasteiger partial charge on any atom is 0 e. The van der Waals surface area contributed by atoms with E-state index in [1.54, 1.807) is 0 Å². The van der Waals surface area contributed by atoms with E-state index in [-0.39, 0.29) is 3140 Å². The van der Waals surface area contributed by atoms with Gasteiger partial charge in [0.25, 0.3) is 0 Å². The Morgan fingerprint density at radius 1 is 0.0104 bits per heavy atom. The summed E-state index contributed by atoms with van der Waals surface area (Å²) in [5, 5.41) is 0. The van der Waals surface area contributed by atoms with Gasteiger partial charge in [0.05, 0.1) is 0 Å². The van der Waals surface area contributed by atoms with Gasteiger partial charge in [-0.15, -0.1) is 0 Å². The third-order valence-corrected chi connectivity index (χ3v) is 0. The maximum atomic E-state index is 0. The zero-order chi connectivity index (χ0) is 0. The molecule has 288 valence electrons. The van der Waals surface area contributed by atoms with Crippen molar-refractivity contribution in [2.75, 3.05) is 0 Å². The first-order valence-electron chi connectivity index (χ1n) is 0. The second-order valence-corrected chi connectivity index (χ2v) is 0. The van der Waals surface area contributed by atoms with Crippen LogP contribution in [-0.2, 0) is 3140 Å². The first-order chi connectivity index (χ1) is 0. The monoisotopic (exact) mass is 8530 g/mol. The van der Waals surface area contributed by atoms with Gasteiger partial charge >= 0.3 is 0 Å². The Hall–Kier alpha value is 106. The predicted octanol–water partition coefficient (Wildman–Crippen LogP) is -0.240. The molecule has 0 bridgehead atoms. The molecule has 96 heavy (non-hydrogen) atoms. The van der Waals surface area contributed by atoms with Crippen molar-refractivity contribution in [3.8, 4) is 0 Å². The quantitative estimate of drug-likeness (QED) is 0.315. The Labute approximate surface area is 3010 Å². The van der Waals surface area contributed by atoms with Crippen molar-refractivity contribution in [2.45, 2.75) is 0 Å². The van der Waals surface area contributed by atoms with Gasteiger partial charge in [-0.1, -0.05) is 0 Å². The Kier molecular flexibility index (Phi) is 5410. The minimum Gasteiger partial charge on any atom is 0 e. The predicted molar refractivity (Wildman–Crippen MR) is 0 cm³/mol. The Morgan fingerprint density at radius 3 is 0.0104 bits per heavy atom. The second-order valence-electron chi connectivity index (χ2n) is 0. The summed E-state index contributed by atoms with van der Waals surface area (Å²) in [6.45, 7) is 0. The second kappa shape index (κ2) is 716. The average Bonchev–Trinajstić information content (AvgIpc) is 0. The number of rotatable bonds is 0. The van der Waals surface area contributed by atoms with Gasteiger partial charge < -0.3 is 0 Å². The van der Waals surface area contributed by atoms with E-state index in [1.165, 1.54) is 0 Å². The first-order valence-corrected chi connectivity index (χ1v) is 0. The van der Waals surface area contributed by atoms with Gasteiger partial charge in [-0.2, -0.15) is 0 Å². The van der Waals surface area contributed by atoms with Gasteiger partial charge in [0.15, 0.2) is 0 Å². The largest absolute Gasteiger partial charge is 0 e. The molecule has 0 aromatic heterocycles. The number of hydrogen-bond donors (Lipinski definition) is 0. The van der Waals surface area contributed by atoms with Crippen LogP contribution in [0.25, 0.3) is 0 Å². The summed E-state index contributed by atoms with van der Waals surface area (Å²) in [6.07, 6.45) is 0. The maximum absolute atomic E-state index is 0. The Bertz CT molecular complexity index is 0. The fourth-order valence-corrected chi connectivity index (χ4v) is 0. The molecule has 0 atom stereocenters. The molecule has 0 saturated carbocycles. The van der Waals surface area contributed by atoms with E-state index in [1.807, 2.05) is 0 Å². The van der Waals surface area contributed by atoms with E-state index in [4.69, 9.17) is 0 Å². The van der Waals surface area contributed by atoms with E-state index in [0.29, 0.717) is 0 Å². The molecule has 0 spiro atoms. The average molecular weight is 8530 g/mol. The van der Waals surface area contributed by atoms with Gasteiger partial charge in [-0.3, -0.25) is 0 Å². The molecule has 0 unspecified atom stereocenters. The van der Waals surface area contributed by atoms with E-state index < -0.39 is 0 Å². The minimum absolute atomic E-state index is 0. The topological polar surface area (TPSA) is 0 Å². The molecule has 96 radical (unpaired) electrons. The smallest absolute Gasteiger partial charge is 0 e. The van der Waals surface area contributed by atoms with Gasteiger partial charge in [0.1, 0.15) is 0 Å². The molecule has 0 aromatic rings. The molecule has 0 aliphatic rings. The number of hydrogen-bond acceptors (Lipinski definition) is 0. The molecule has 96 heteroatoms. The molecular formula is Y96. The molecule has 0 aromatic carbocycles. The Balaban J connectivity index is 0. The van der Waals surface area contributed by atoms with Crippen LogP contribution in [0.3, 0.4) is 0 Å². The molecule has 0 rings (SSSR count). The first kappa shape index (κ1) is 726. The fraction of sp³-hybridized carbons (Fsp3) is 0. The molecular weight excluding hydrogens is 8530 g/mol. The van der Waals surface area contributed by atoms with Crippen molar-refractivity contribution in [1.82, 2.24) is 0 Å². The van der Waals surface area contributed by atoms with Crippen LogP contribution in [0.4, 0.5) is 0 Å². The van der Waals surface area contributed by atoms with Gasteiger partial charge in [0.2, 0.25) is 0 Å². The normalized spacial score (nSPS) is 0. The van der Waals surface area contributed by atoms with Crippen LogP contribution in [0.2, 0.25) is 0 Å². The molecule has 0 nitrogen and oxygen atoms in total. The third kappa shape index (κ3) is 705. The molecule has 0 aliphatic carbocycles. The van der Waals surface area contributed by atoms with Crippen LogP contribution < -0.4 is 0 Å². The summed E-state index contributed by atoms with van der Waals surface area (Å²) in [5.74, 6) is 0. The van der Waals surface area contributed by atoms with Crippen LogP contribution in [-0.4, -0.2) is 0 Å². The van der Waals surface area contributed by atoms with Gasteiger partial charge in [-0.25, -0.2) is 0 Å². The Morgan fingerprint density at radius 2 is 0.0104 bits per heavy atom. The van der Waals surface area contributed by atoms with Crippen molar-refractivity contribution in [3.63, 3.8) is 0 Å². The molecule has 0 aliphatic heterocycles. The third-order valence-electron chi connectivity index (χ3n) is 0. The summed E-state index contributed by atoms with van der Waals surface area (Å²) < 4.78 is 0. The SMILES string of the molecule is [Y].[Y].[Y].[Y].[Y].[Y].[Y].[Y].[Y].[Y].[Y].[Y].[Y].[Y].[Y].[Y].[Y].[Y].[Y].[Y].[Y].[Y].[Y].[Y].[Y].[Y].[Y].[Y].[Y].[Y].[Y].[Y].[Y].[Y].[Y].[Y].[Y].[Y].[Y].[Y].[Y].[Y].[Y].[Y].[Y].[Y].[Y].[Y].[Y].[Y].[Y].[Y].[Y].[Y].[Y].[Y].[Y].[Y].[Y].[Y].[Y].[Y].[Y].[Y].[Y].[Y].[Y].[Y].[Y].[Y].[Y].[Y].[Y].[Y].[Y].[Y].[Y].[Y].[Y].[Y].[Y].[Y].[Y].[Y].[Y].[Y].[Y].[Y].[Y].[Y].[Y].[Y].[Y].[Y].[Y].[Y]. The van der Waals surface area contributed by atoms with Crippen molar-refractivity contribution in [1.29, 1.82) is 0 Å². The standard InChI is InChI=1S/96Y.